The number of carbonyl (C=O) groups is 2. The predicted octanol–water partition coefficient (Wildman–Crippen LogP) is 5.13. The molecule has 1 aliphatic rings. The Morgan fingerprint density at radius 3 is 2.52 bits per heavy atom. The van der Waals surface area contributed by atoms with E-state index in [1.165, 1.54) is 0 Å². The SMILES string of the molecule is C[C@@H](NC(=O)[C@@H]1COc2ccc(NC(=O)c3ccc(Br)cc3)cc2C1)c1ccccc1. The number of fused-ring (bicyclic) bond motifs is 1. The summed E-state index contributed by atoms with van der Waals surface area (Å²) in [6, 6.07) is 22.5. The highest BCUT2D eigenvalue weighted by atomic mass is 79.9. The zero-order valence-electron chi connectivity index (χ0n) is 17.1. The van der Waals surface area contributed by atoms with E-state index < -0.39 is 0 Å². The van der Waals surface area contributed by atoms with Crippen molar-refractivity contribution in [1.82, 2.24) is 5.32 Å². The van der Waals surface area contributed by atoms with Crippen molar-refractivity contribution in [2.24, 2.45) is 5.92 Å². The maximum Gasteiger partial charge on any atom is 0.255 e. The largest absolute Gasteiger partial charge is 0.492 e. The van der Waals surface area contributed by atoms with Gasteiger partial charge in [0.2, 0.25) is 5.91 Å². The second-order valence-corrected chi connectivity index (χ2v) is 8.55. The number of anilines is 1. The standard InChI is InChI=1S/C25H23BrN2O3/c1-16(17-5-3-2-4-6-17)27-25(30)20-13-19-14-22(11-12-23(19)31-15-20)28-24(29)18-7-9-21(26)10-8-18/h2-12,14,16,20H,13,15H2,1H3,(H,27,30)(H,28,29)/t16-,20+/m1/s1. The third-order valence-electron chi connectivity index (χ3n) is 5.36. The summed E-state index contributed by atoms with van der Waals surface area (Å²) in [6.07, 6.45) is 0.560. The average molecular weight is 479 g/mol. The van der Waals surface area contributed by atoms with Gasteiger partial charge in [0.1, 0.15) is 12.4 Å². The normalized spacial score (nSPS) is 15.9. The van der Waals surface area contributed by atoms with Crippen LogP contribution < -0.4 is 15.4 Å². The van der Waals surface area contributed by atoms with Crippen molar-refractivity contribution in [2.45, 2.75) is 19.4 Å². The first-order chi connectivity index (χ1) is 15.0. The Kier molecular flexibility index (Phi) is 6.37. The van der Waals surface area contributed by atoms with Gasteiger partial charge in [0, 0.05) is 15.7 Å². The first-order valence-electron chi connectivity index (χ1n) is 10.2. The molecule has 1 heterocycles. The quantitative estimate of drug-likeness (QED) is 0.533. The molecule has 3 aromatic rings. The molecule has 0 aromatic heterocycles. The summed E-state index contributed by atoms with van der Waals surface area (Å²) in [5.74, 6) is 0.249. The number of nitrogens with one attached hydrogen (secondary N) is 2. The fraction of sp³-hybridized carbons (Fsp3) is 0.200. The van der Waals surface area contributed by atoms with Crippen molar-refractivity contribution in [3.05, 3.63) is 94.0 Å². The van der Waals surface area contributed by atoms with Gasteiger partial charge in [-0.3, -0.25) is 9.59 Å². The summed E-state index contributed by atoms with van der Waals surface area (Å²) in [5.41, 5.74) is 3.22. The number of benzene rings is 3. The molecule has 0 spiro atoms. The zero-order chi connectivity index (χ0) is 21.8. The van der Waals surface area contributed by atoms with E-state index in [2.05, 4.69) is 26.6 Å². The monoisotopic (exact) mass is 478 g/mol. The summed E-state index contributed by atoms with van der Waals surface area (Å²) >= 11 is 3.37. The van der Waals surface area contributed by atoms with Crippen LogP contribution in [-0.4, -0.2) is 18.4 Å². The molecule has 0 fully saturated rings. The van der Waals surface area contributed by atoms with Gasteiger partial charge in [-0.2, -0.15) is 0 Å². The molecule has 2 atom stereocenters. The highest BCUT2D eigenvalue weighted by molar-refractivity contribution is 9.10. The van der Waals surface area contributed by atoms with Crippen LogP contribution in [0, 0.1) is 5.92 Å². The minimum Gasteiger partial charge on any atom is -0.492 e. The second-order valence-electron chi connectivity index (χ2n) is 7.64. The number of ether oxygens (including phenoxy) is 1. The molecule has 0 saturated carbocycles. The van der Waals surface area contributed by atoms with Gasteiger partial charge < -0.3 is 15.4 Å². The van der Waals surface area contributed by atoms with E-state index in [0.717, 1.165) is 21.3 Å². The topological polar surface area (TPSA) is 67.4 Å². The van der Waals surface area contributed by atoms with Crippen molar-refractivity contribution >= 4 is 33.4 Å². The molecule has 0 saturated heterocycles. The average Bonchev–Trinajstić information content (AvgIpc) is 2.79. The van der Waals surface area contributed by atoms with Gasteiger partial charge in [0.25, 0.3) is 5.91 Å². The van der Waals surface area contributed by atoms with E-state index in [9.17, 15) is 9.59 Å². The Labute approximate surface area is 189 Å². The number of amides is 2. The molecule has 0 radical (unpaired) electrons. The summed E-state index contributed by atoms with van der Waals surface area (Å²) in [5, 5.41) is 5.99. The molecule has 31 heavy (non-hydrogen) atoms. The van der Waals surface area contributed by atoms with E-state index >= 15 is 0 Å². The first-order valence-corrected chi connectivity index (χ1v) is 11.0. The number of hydrogen-bond donors (Lipinski definition) is 2. The summed E-state index contributed by atoms with van der Waals surface area (Å²) < 4.78 is 6.74. The molecular weight excluding hydrogens is 456 g/mol. The van der Waals surface area contributed by atoms with E-state index in [1.807, 2.05) is 67.6 Å². The van der Waals surface area contributed by atoms with Gasteiger partial charge in [-0.1, -0.05) is 46.3 Å². The van der Waals surface area contributed by atoms with Crippen LogP contribution in [0.15, 0.2) is 77.3 Å². The maximum absolute atomic E-state index is 12.8. The molecule has 6 heteroatoms. The van der Waals surface area contributed by atoms with Crippen molar-refractivity contribution < 1.29 is 14.3 Å². The molecule has 158 valence electrons. The second kappa shape index (κ2) is 9.35. The lowest BCUT2D eigenvalue weighted by atomic mass is 9.95. The minimum atomic E-state index is -0.281. The Morgan fingerprint density at radius 1 is 1.03 bits per heavy atom. The summed E-state index contributed by atoms with van der Waals surface area (Å²) in [4.78, 5) is 25.3. The minimum absolute atomic E-state index is 0.0358. The van der Waals surface area contributed by atoms with Crippen molar-refractivity contribution in [2.75, 3.05) is 11.9 Å². The van der Waals surface area contributed by atoms with Crippen LogP contribution in [-0.2, 0) is 11.2 Å². The van der Waals surface area contributed by atoms with Crippen molar-refractivity contribution in [3.63, 3.8) is 0 Å². The van der Waals surface area contributed by atoms with Gasteiger partial charge >= 0.3 is 0 Å². The lowest BCUT2D eigenvalue weighted by Crippen LogP contribution is -2.38. The van der Waals surface area contributed by atoms with Crippen LogP contribution in [0.25, 0.3) is 0 Å². The molecule has 5 nitrogen and oxygen atoms in total. The molecule has 2 N–H and O–H groups in total. The number of carbonyl (C=O) groups excluding carboxylic acids is 2. The fourth-order valence-electron chi connectivity index (χ4n) is 3.60. The fourth-order valence-corrected chi connectivity index (χ4v) is 3.87. The highest BCUT2D eigenvalue weighted by Gasteiger charge is 2.27. The Hall–Kier alpha value is -3.12. The van der Waals surface area contributed by atoms with E-state index in [1.54, 1.807) is 12.1 Å². The number of rotatable bonds is 5. The van der Waals surface area contributed by atoms with Gasteiger partial charge in [0.05, 0.1) is 12.0 Å². The van der Waals surface area contributed by atoms with E-state index in [0.29, 0.717) is 24.3 Å². The molecule has 1 aliphatic heterocycles. The molecule has 2 amide bonds. The lowest BCUT2D eigenvalue weighted by Gasteiger charge is -2.26. The molecule has 0 aliphatic carbocycles. The van der Waals surface area contributed by atoms with Crippen molar-refractivity contribution in [3.8, 4) is 5.75 Å². The Morgan fingerprint density at radius 2 is 1.77 bits per heavy atom. The van der Waals surface area contributed by atoms with E-state index in [4.69, 9.17) is 4.74 Å². The van der Waals surface area contributed by atoms with Gasteiger partial charge in [-0.25, -0.2) is 0 Å². The maximum atomic E-state index is 12.8. The van der Waals surface area contributed by atoms with Gasteiger partial charge in [-0.15, -0.1) is 0 Å². The van der Waals surface area contributed by atoms with Crippen LogP contribution in [0.4, 0.5) is 5.69 Å². The van der Waals surface area contributed by atoms with Gasteiger partial charge in [0.15, 0.2) is 0 Å². The molecular formula is C25H23BrN2O3. The Balaban J connectivity index is 1.41. The van der Waals surface area contributed by atoms with Crippen LogP contribution in [0.1, 0.15) is 34.5 Å². The van der Waals surface area contributed by atoms with E-state index in [-0.39, 0.29) is 23.8 Å². The first kappa shape index (κ1) is 21.1. The highest BCUT2D eigenvalue weighted by Crippen LogP contribution is 2.30. The van der Waals surface area contributed by atoms with Crippen molar-refractivity contribution in [1.29, 1.82) is 0 Å². The predicted molar refractivity (Wildman–Crippen MR) is 124 cm³/mol. The number of hydrogen-bond acceptors (Lipinski definition) is 3. The van der Waals surface area contributed by atoms with Crippen LogP contribution in [0.5, 0.6) is 5.75 Å². The molecule has 3 aromatic carbocycles. The van der Waals surface area contributed by atoms with Gasteiger partial charge in [-0.05, 0) is 66.9 Å². The smallest absolute Gasteiger partial charge is 0.255 e. The number of halogens is 1. The third kappa shape index (κ3) is 5.14. The molecule has 4 rings (SSSR count). The van der Waals surface area contributed by atoms with Crippen LogP contribution in [0.3, 0.4) is 0 Å². The molecule has 0 unspecified atom stereocenters. The summed E-state index contributed by atoms with van der Waals surface area (Å²) in [7, 11) is 0. The third-order valence-corrected chi connectivity index (χ3v) is 5.89. The summed E-state index contributed by atoms with van der Waals surface area (Å²) in [6.45, 7) is 2.31. The van der Waals surface area contributed by atoms with Crippen LogP contribution >= 0.6 is 15.9 Å². The van der Waals surface area contributed by atoms with Crippen LogP contribution in [0.2, 0.25) is 0 Å². The zero-order valence-corrected chi connectivity index (χ0v) is 18.7. The molecule has 0 bridgehead atoms. The lowest BCUT2D eigenvalue weighted by molar-refractivity contribution is -0.126. The Bertz CT molecular complexity index is 1080.